The molecule has 42 heavy (non-hydrogen) atoms. The zero-order valence-electron chi connectivity index (χ0n) is 22.5. The lowest BCUT2D eigenvalue weighted by Gasteiger charge is -2.19. The number of carbonyl (C=O) groups excluding carboxylic acids is 2. The number of benzene rings is 4. The number of imide groups is 1. The van der Waals surface area contributed by atoms with E-state index in [4.69, 9.17) is 28.0 Å². The zero-order chi connectivity index (χ0) is 29.5. The molecule has 0 bridgehead atoms. The minimum Gasteiger partial charge on any atom is -0.391 e. The average molecular weight is 598 g/mol. The van der Waals surface area contributed by atoms with Gasteiger partial charge in [0.25, 0.3) is 11.8 Å². The fraction of sp³-hybridized carbons (Fsp3) is 0.0938. The van der Waals surface area contributed by atoms with Gasteiger partial charge in [0.05, 0.1) is 17.3 Å². The monoisotopic (exact) mass is 597 g/mol. The first-order valence-electron chi connectivity index (χ1n) is 13.0. The topological polar surface area (TPSA) is 89.7 Å². The number of hydrogen-bond acceptors (Lipinski definition) is 6. The number of nitrogens with zero attached hydrogens (tertiary/aromatic N) is 5. The van der Waals surface area contributed by atoms with Gasteiger partial charge in [-0.05, 0) is 41.6 Å². The highest BCUT2D eigenvalue weighted by atomic mass is 35.5. The Kier molecular flexibility index (Phi) is 9.06. The fourth-order valence-corrected chi connectivity index (χ4v) is 4.91. The minimum atomic E-state index is -0.278. The van der Waals surface area contributed by atoms with Crippen molar-refractivity contribution in [2.75, 3.05) is 4.90 Å². The van der Waals surface area contributed by atoms with Crippen molar-refractivity contribution >= 4 is 57.2 Å². The number of aromatic nitrogens is 3. The molecule has 1 aliphatic rings. The maximum absolute atomic E-state index is 11.8. The molecule has 1 aromatic heterocycles. The number of anilines is 1. The van der Waals surface area contributed by atoms with Crippen molar-refractivity contribution in [3.8, 4) is 0 Å². The Morgan fingerprint density at radius 2 is 1.64 bits per heavy atom. The van der Waals surface area contributed by atoms with E-state index >= 15 is 0 Å². The van der Waals surface area contributed by atoms with Crippen LogP contribution in [0.25, 0.3) is 10.8 Å². The molecule has 0 radical (unpaired) electrons. The largest absolute Gasteiger partial charge is 0.391 e. The van der Waals surface area contributed by atoms with Gasteiger partial charge >= 0.3 is 0 Å². The van der Waals surface area contributed by atoms with Crippen LogP contribution >= 0.6 is 23.2 Å². The molecule has 1 aliphatic heterocycles. The molecule has 5 aromatic rings. The molecule has 10 heteroatoms. The van der Waals surface area contributed by atoms with E-state index in [1.54, 1.807) is 23.1 Å². The summed E-state index contributed by atoms with van der Waals surface area (Å²) >= 11 is 12.3. The lowest BCUT2D eigenvalue weighted by atomic mass is 10.0. The van der Waals surface area contributed by atoms with Crippen molar-refractivity contribution in [2.45, 2.75) is 20.1 Å². The summed E-state index contributed by atoms with van der Waals surface area (Å²) < 4.78 is 1.65. The first-order valence-corrected chi connectivity index (χ1v) is 13.7. The average Bonchev–Trinajstić information content (AvgIpc) is 3.63. The quantitative estimate of drug-likeness (QED) is 0.117. The molecule has 0 fully saturated rings. The fourth-order valence-electron chi connectivity index (χ4n) is 4.40. The normalized spacial score (nSPS) is 12.9. The van der Waals surface area contributed by atoms with Gasteiger partial charge in [-0.25, -0.2) is 14.6 Å². The van der Waals surface area contributed by atoms with Crippen LogP contribution in [0.5, 0.6) is 0 Å². The molecule has 0 unspecified atom stereocenters. The number of amides is 2. The van der Waals surface area contributed by atoms with Crippen molar-refractivity contribution in [3.05, 3.63) is 136 Å². The van der Waals surface area contributed by atoms with Crippen LogP contribution < -0.4 is 4.90 Å². The molecule has 210 valence electrons. The first-order chi connectivity index (χ1) is 20.4. The zero-order valence-corrected chi connectivity index (χ0v) is 24.0. The molecule has 2 amide bonds. The van der Waals surface area contributed by atoms with Crippen molar-refractivity contribution in [1.29, 1.82) is 0 Å². The minimum absolute atomic E-state index is 0.278. The third-order valence-corrected chi connectivity index (χ3v) is 6.95. The highest BCUT2D eigenvalue weighted by Crippen LogP contribution is 2.32. The number of oxime groups is 1. The smallest absolute Gasteiger partial charge is 0.258 e. The Labute approximate surface area is 252 Å². The Morgan fingerprint density at radius 3 is 2.36 bits per heavy atom. The molecule has 6 rings (SSSR count). The van der Waals surface area contributed by atoms with Gasteiger partial charge in [0.15, 0.2) is 0 Å². The third-order valence-electron chi connectivity index (χ3n) is 6.40. The van der Waals surface area contributed by atoms with Crippen LogP contribution in [0.3, 0.4) is 0 Å². The van der Waals surface area contributed by atoms with E-state index in [-0.39, 0.29) is 11.8 Å². The van der Waals surface area contributed by atoms with E-state index in [1.807, 2.05) is 79.7 Å². The van der Waals surface area contributed by atoms with Crippen LogP contribution in [0.15, 0.2) is 115 Å². The molecule has 0 saturated carbocycles. The van der Waals surface area contributed by atoms with Crippen molar-refractivity contribution in [3.63, 3.8) is 0 Å². The van der Waals surface area contributed by atoms with Gasteiger partial charge in [-0.1, -0.05) is 95.1 Å². The summed E-state index contributed by atoms with van der Waals surface area (Å²) in [6, 6.07) is 26.7. The molecular formula is C32H25Cl2N5O3. The predicted octanol–water partition coefficient (Wildman–Crippen LogP) is 6.78. The summed E-state index contributed by atoms with van der Waals surface area (Å²) in [5.41, 5.74) is 4.01. The molecule has 0 aliphatic carbocycles. The van der Waals surface area contributed by atoms with E-state index in [9.17, 15) is 9.59 Å². The second-order valence-corrected chi connectivity index (χ2v) is 10.2. The Bertz CT molecular complexity index is 1770. The van der Waals surface area contributed by atoms with Crippen LogP contribution in [0.1, 0.15) is 16.7 Å². The summed E-state index contributed by atoms with van der Waals surface area (Å²) in [5, 5.41) is 11.4. The summed E-state index contributed by atoms with van der Waals surface area (Å²) in [6.07, 6.45) is 5.69. The number of rotatable bonds is 7. The number of fused-ring (bicyclic) bond motifs is 1. The second-order valence-electron chi connectivity index (χ2n) is 9.31. The van der Waals surface area contributed by atoms with E-state index in [2.05, 4.69) is 15.2 Å². The van der Waals surface area contributed by atoms with Crippen LogP contribution in [-0.2, 0) is 27.6 Å². The Morgan fingerprint density at radius 1 is 0.905 bits per heavy atom. The van der Waals surface area contributed by atoms with Crippen LogP contribution in [0.2, 0.25) is 10.0 Å². The SMILES string of the molecule is Cc1ccc2ccccc2c1N1C(=O)C=CC1=O.Clc1ccc(C(Cn2cncn2)=NOCc2ccccc2)c(Cl)c1. The lowest BCUT2D eigenvalue weighted by molar-refractivity contribution is -0.119. The van der Waals surface area contributed by atoms with Gasteiger partial charge in [0.2, 0.25) is 0 Å². The van der Waals surface area contributed by atoms with E-state index in [0.29, 0.717) is 34.6 Å². The van der Waals surface area contributed by atoms with Crippen LogP contribution in [0, 0.1) is 6.92 Å². The van der Waals surface area contributed by atoms with E-state index in [0.717, 1.165) is 27.5 Å². The van der Waals surface area contributed by atoms with Crippen molar-refractivity contribution < 1.29 is 14.4 Å². The molecule has 2 heterocycles. The number of carbonyl (C=O) groups is 2. The highest BCUT2D eigenvalue weighted by molar-refractivity contribution is 6.37. The Balaban J connectivity index is 0.000000175. The second kappa shape index (κ2) is 13.2. The molecule has 0 atom stereocenters. The number of halogens is 2. The van der Waals surface area contributed by atoms with E-state index < -0.39 is 0 Å². The van der Waals surface area contributed by atoms with Gasteiger partial charge in [-0.3, -0.25) is 9.59 Å². The molecule has 0 saturated heterocycles. The third kappa shape index (κ3) is 6.74. The molecule has 4 aromatic carbocycles. The lowest BCUT2D eigenvalue weighted by Crippen LogP contribution is -2.30. The number of aryl methyl sites for hydroxylation is 1. The maximum atomic E-state index is 11.8. The van der Waals surface area contributed by atoms with Crippen molar-refractivity contribution in [2.24, 2.45) is 5.16 Å². The van der Waals surface area contributed by atoms with Gasteiger partial charge < -0.3 is 4.84 Å². The Hall–Kier alpha value is -4.79. The molecule has 8 nitrogen and oxygen atoms in total. The standard InChI is InChI=1S/C17H14Cl2N4O.C15H11NO2/c18-14-6-7-15(16(19)8-14)17(9-23-12-20-11-21-23)22-24-10-13-4-2-1-3-5-13;1-10-6-7-11-4-2-3-5-12(11)15(10)16-13(17)8-9-14(16)18/h1-8,11-12H,9-10H2;2-9H,1H3. The summed E-state index contributed by atoms with van der Waals surface area (Å²) in [4.78, 5) is 34.3. The summed E-state index contributed by atoms with van der Waals surface area (Å²) in [5.74, 6) is -0.557. The molecular weight excluding hydrogens is 573 g/mol. The first kappa shape index (κ1) is 28.7. The molecule has 0 N–H and O–H groups in total. The van der Waals surface area contributed by atoms with E-state index in [1.165, 1.54) is 23.4 Å². The summed E-state index contributed by atoms with van der Waals surface area (Å²) in [7, 11) is 0. The van der Waals surface area contributed by atoms with Gasteiger partial charge in [-0.2, -0.15) is 5.10 Å². The maximum Gasteiger partial charge on any atom is 0.258 e. The summed E-state index contributed by atoms with van der Waals surface area (Å²) in [6.45, 7) is 2.66. The van der Waals surface area contributed by atoms with Crippen LogP contribution in [0.4, 0.5) is 5.69 Å². The van der Waals surface area contributed by atoms with Gasteiger partial charge in [0, 0.05) is 28.1 Å². The van der Waals surface area contributed by atoms with Gasteiger partial charge in [0.1, 0.15) is 25.0 Å². The molecule has 0 spiro atoms. The van der Waals surface area contributed by atoms with Crippen LogP contribution in [-0.4, -0.2) is 32.3 Å². The predicted molar refractivity (Wildman–Crippen MR) is 165 cm³/mol. The highest BCUT2D eigenvalue weighted by Gasteiger charge is 2.27. The van der Waals surface area contributed by atoms with Gasteiger partial charge in [-0.15, -0.1) is 0 Å². The number of hydrogen-bond donors (Lipinski definition) is 0. The van der Waals surface area contributed by atoms with Crippen molar-refractivity contribution in [1.82, 2.24) is 14.8 Å².